The van der Waals surface area contributed by atoms with E-state index in [4.69, 9.17) is 11.6 Å². The molecule has 1 fully saturated rings. The van der Waals surface area contributed by atoms with Gasteiger partial charge in [-0.2, -0.15) is 0 Å². The van der Waals surface area contributed by atoms with Crippen LogP contribution >= 0.6 is 22.9 Å². The zero-order chi connectivity index (χ0) is 17.6. The molecule has 1 aromatic carbocycles. The average molecular weight is 384 g/mol. The van der Waals surface area contributed by atoms with E-state index >= 15 is 0 Å². The maximum atomic E-state index is 13.6. The fourth-order valence-corrected chi connectivity index (χ4v) is 4.29. The summed E-state index contributed by atoms with van der Waals surface area (Å²) in [6.07, 6.45) is 0. The summed E-state index contributed by atoms with van der Waals surface area (Å²) in [5.74, 6) is -0.298. The van der Waals surface area contributed by atoms with Gasteiger partial charge in [0.15, 0.2) is 6.54 Å². The predicted molar refractivity (Wildman–Crippen MR) is 97.5 cm³/mol. The number of nitrogens with one attached hydrogen (secondary N) is 3. The van der Waals surface area contributed by atoms with Crippen molar-refractivity contribution in [3.05, 3.63) is 57.0 Å². The van der Waals surface area contributed by atoms with Crippen molar-refractivity contribution in [1.29, 1.82) is 0 Å². The average Bonchev–Trinajstić information content (AvgIpc) is 3.01. The van der Waals surface area contributed by atoms with E-state index in [1.807, 2.05) is 6.07 Å². The van der Waals surface area contributed by atoms with Crippen molar-refractivity contribution in [3.63, 3.8) is 0 Å². The fourth-order valence-electron chi connectivity index (χ4n) is 3.13. The van der Waals surface area contributed by atoms with Crippen molar-refractivity contribution in [2.75, 3.05) is 32.7 Å². The molecular formula is C18H23ClFN3OS+2. The number of piperazine rings is 1. The standard InChI is InChI=1S/C18H21ClFN3OS/c19-17-6-5-15(25-17)12-22-7-9-23(10-8-22)13-18(24)21-11-14-3-1-2-4-16(14)20/h1-6H,7-13H2,(H,21,24)/p+2. The Balaban J connectivity index is 1.38. The number of quaternary nitrogens is 2. The summed E-state index contributed by atoms with van der Waals surface area (Å²) in [5, 5.41) is 2.82. The minimum absolute atomic E-state index is 0.0215. The Labute approximate surface area is 156 Å². The third kappa shape index (κ3) is 5.51. The maximum Gasteiger partial charge on any atom is 0.275 e. The molecule has 25 heavy (non-hydrogen) atoms. The van der Waals surface area contributed by atoms with Crippen LogP contribution in [-0.2, 0) is 17.9 Å². The smallest absolute Gasteiger partial charge is 0.275 e. The Morgan fingerprint density at radius 1 is 1.12 bits per heavy atom. The lowest BCUT2D eigenvalue weighted by Crippen LogP contribution is -3.28. The van der Waals surface area contributed by atoms with Crippen molar-refractivity contribution in [1.82, 2.24) is 5.32 Å². The summed E-state index contributed by atoms with van der Waals surface area (Å²) in [6.45, 7) is 5.74. The molecule has 2 heterocycles. The molecule has 1 aliphatic heterocycles. The Morgan fingerprint density at radius 2 is 1.84 bits per heavy atom. The van der Waals surface area contributed by atoms with Gasteiger partial charge in [-0.1, -0.05) is 29.8 Å². The number of carbonyl (C=O) groups is 1. The third-order valence-electron chi connectivity index (χ3n) is 4.56. The molecule has 4 nitrogen and oxygen atoms in total. The van der Waals surface area contributed by atoms with Crippen LogP contribution in [0.2, 0.25) is 4.34 Å². The molecule has 0 radical (unpaired) electrons. The van der Waals surface area contributed by atoms with Gasteiger partial charge in [0.1, 0.15) is 38.5 Å². The molecule has 1 aromatic heterocycles. The number of thiophene rings is 1. The number of hydrogen-bond donors (Lipinski definition) is 3. The van der Waals surface area contributed by atoms with Crippen LogP contribution < -0.4 is 15.1 Å². The molecule has 1 aliphatic rings. The van der Waals surface area contributed by atoms with E-state index in [2.05, 4.69) is 11.4 Å². The normalized spacial score (nSPS) is 20.4. The third-order valence-corrected chi connectivity index (χ3v) is 5.79. The van der Waals surface area contributed by atoms with Gasteiger partial charge >= 0.3 is 0 Å². The van der Waals surface area contributed by atoms with Gasteiger partial charge in [0, 0.05) is 12.1 Å². The summed E-state index contributed by atoms with van der Waals surface area (Å²) in [4.78, 5) is 16.2. The van der Waals surface area contributed by atoms with Crippen molar-refractivity contribution >= 4 is 28.8 Å². The van der Waals surface area contributed by atoms with E-state index in [-0.39, 0.29) is 18.3 Å². The first-order valence-electron chi connectivity index (χ1n) is 8.51. The highest BCUT2D eigenvalue weighted by Crippen LogP contribution is 2.20. The lowest BCUT2D eigenvalue weighted by Gasteiger charge is -2.29. The lowest BCUT2D eigenvalue weighted by molar-refractivity contribution is -1.01. The molecule has 134 valence electrons. The van der Waals surface area contributed by atoms with Crippen LogP contribution in [0.25, 0.3) is 0 Å². The number of rotatable bonds is 6. The first kappa shape index (κ1) is 18.3. The second kappa shape index (κ2) is 8.76. The van der Waals surface area contributed by atoms with Crippen LogP contribution in [0.5, 0.6) is 0 Å². The molecule has 0 aliphatic carbocycles. The SMILES string of the molecule is O=C(C[NH+]1CC[NH+](Cc2ccc(Cl)s2)CC1)NCc1ccccc1F. The van der Waals surface area contributed by atoms with Crippen LogP contribution in [0.4, 0.5) is 4.39 Å². The highest BCUT2D eigenvalue weighted by molar-refractivity contribution is 7.16. The van der Waals surface area contributed by atoms with E-state index in [0.717, 1.165) is 37.1 Å². The van der Waals surface area contributed by atoms with Gasteiger partial charge in [-0.05, 0) is 18.2 Å². The van der Waals surface area contributed by atoms with Crippen molar-refractivity contribution in [3.8, 4) is 0 Å². The van der Waals surface area contributed by atoms with Gasteiger partial charge in [-0.25, -0.2) is 4.39 Å². The van der Waals surface area contributed by atoms with Gasteiger partial charge in [0.05, 0.1) is 9.21 Å². The van der Waals surface area contributed by atoms with Crippen LogP contribution in [0.15, 0.2) is 36.4 Å². The molecule has 1 saturated heterocycles. The second-order valence-electron chi connectivity index (χ2n) is 6.43. The quantitative estimate of drug-likeness (QED) is 0.652. The number of benzene rings is 1. The molecule has 0 unspecified atom stereocenters. The number of halogens is 2. The molecule has 3 N–H and O–H groups in total. The number of hydrogen-bond acceptors (Lipinski definition) is 2. The summed E-state index contributed by atoms with van der Waals surface area (Å²) in [6, 6.07) is 10.6. The summed E-state index contributed by atoms with van der Waals surface area (Å²) < 4.78 is 14.4. The van der Waals surface area contributed by atoms with Crippen LogP contribution in [0, 0.1) is 5.82 Å². The monoisotopic (exact) mass is 383 g/mol. The second-order valence-corrected chi connectivity index (χ2v) is 8.23. The molecular weight excluding hydrogens is 361 g/mol. The zero-order valence-corrected chi connectivity index (χ0v) is 15.6. The highest BCUT2D eigenvalue weighted by atomic mass is 35.5. The van der Waals surface area contributed by atoms with Crippen molar-refractivity contribution < 1.29 is 19.0 Å². The van der Waals surface area contributed by atoms with Gasteiger partial charge < -0.3 is 15.1 Å². The van der Waals surface area contributed by atoms with Gasteiger partial charge in [-0.3, -0.25) is 4.79 Å². The summed E-state index contributed by atoms with van der Waals surface area (Å²) in [5.41, 5.74) is 0.523. The first-order chi connectivity index (χ1) is 12.1. The Bertz CT molecular complexity index is 716. The summed E-state index contributed by atoms with van der Waals surface area (Å²) >= 11 is 7.62. The first-order valence-corrected chi connectivity index (χ1v) is 9.71. The Hall–Kier alpha value is -1.47. The predicted octanol–water partition coefficient (Wildman–Crippen LogP) is 0.140. The molecule has 0 atom stereocenters. The number of carbonyl (C=O) groups excluding carboxylic acids is 1. The topological polar surface area (TPSA) is 38.0 Å². The van der Waals surface area contributed by atoms with Crippen LogP contribution in [0.3, 0.4) is 0 Å². The van der Waals surface area contributed by atoms with E-state index in [1.165, 1.54) is 20.7 Å². The molecule has 1 amide bonds. The van der Waals surface area contributed by atoms with E-state index in [0.29, 0.717) is 12.1 Å². The van der Waals surface area contributed by atoms with Gasteiger partial charge in [0.25, 0.3) is 5.91 Å². The number of amides is 1. The molecule has 0 spiro atoms. The van der Waals surface area contributed by atoms with Crippen molar-refractivity contribution in [2.45, 2.75) is 13.1 Å². The summed E-state index contributed by atoms with van der Waals surface area (Å²) in [7, 11) is 0. The minimum atomic E-state index is -0.277. The van der Waals surface area contributed by atoms with E-state index in [9.17, 15) is 9.18 Å². The van der Waals surface area contributed by atoms with Gasteiger partial charge in [0.2, 0.25) is 0 Å². The Morgan fingerprint density at radius 3 is 2.52 bits per heavy atom. The highest BCUT2D eigenvalue weighted by Gasteiger charge is 2.25. The van der Waals surface area contributed by atoms with Crippen LogP contribution in [0.1, 0.15) is 10.4 Å². The van der Waals surface area contributed by atoms with Crippen molar-refractivity contribution in [2.24, 2.45) is 0 Å². The fraction of sp³-hybridized carbons (Fsp3) is 0.389. The zero-order valence-electron chi connectivity index (χ0n) is 14.0. The largest absolute Gasteiger partial charge is 0.347 e. The minimum Gasteiger partial charge on any atom is -0.347 e. The van der Waals surface area contributed by atoms with Gasteiger partial charge in [-0.15, -0.1) is 11.3 Å². The molecule has 3 rings (SSSR count). The molecule has 7 heteroatoms. The molecule has 0 saturated carbocycles. The van der Waals surface area contributed by atoms with E-state index < -0.39 is 0 Å². The van der Waals surface area contributed by atoms with E-state index in [1.54, 1.807) is 29.5 Å². The Kier molecular flexibility index (Phi) is 6.42. The van der Waals surface area contributed by atoms with Crippen LogP contribution in [-0.4, -0.2) is 38.6 Å². The molecule has 0 bridgehead atoms. The lowest BCUT2D eigenvalue weighted by atomic mass is 10.2. The molecule has 2 aromatic rings. The maximum absolute atomic E-state index is 13.6.